The van der Waals surface area contributed by atoms with Crippen molar-refractivity contribution in [1.29, 1.82) is 0 Å². The van der Waals surface area contributed by atoms with Crippen molar-refractivity contribution in [2.75, 3.05) is 24.5 Å². The molecule has 0 aromatic heterocycles. The number of likely N-dealkylation sites (tertiary alicyclic amines) is 1. The van der Waals surface area contributed by atoms with Gasteiger partial charge in [0.25, 0.3) is 11.8 Å². The fourth-order valence-corrected chi connectivity index (χ4v) is 5.25. The molecule has 2 saturated heterocycles. The highest BCUT2D eigenvalue weighted by atomic mass is 16.2. The van der Waals surface area contributed by atoms with Gasteiger partial charge in [0.1, 0.15) is 6.04 Å². The molecule has 2 aromatic carbocycles. The summed E-state index contributed by atoms with van der Waals surface area (Å²) in [4.78, 5) is 45.6. The Hall–Kier alpha value is -3.15. The Kier molecular flexibility index (Phi) is 5.68. The van der Waals surface area contributed by atoms with E-state index in [0.717, 1.165) is 50.8 Å². The monoisotopic (exact) mass is 431 g/mol. The molecule has 0 spiro atoms. The molecular weight excluding hydrogens is 402 g/mol. The molecule has 3 aliphatic heterocycles. The summed E-state index contributed by atoms with van der Waals surface area (Å²) in [6.45, 7) is 2.46. The minimum Gasteiger partial charge on any atom is -0.339 e. The molecule has 3 aliphatic rings. The van der Waals surface area contributed by atoms with Gasteiger partial charge >= 0.3 is 0 Å². The van der Waals surface area contributed by atoms with Gasteiger partial charge in [0, 0.05) is 25.2 Å². The number of rotatable bonds is 3. The molecule has 0 radical (unpaired) electrons. The molecule has 32 heavy (non-hydrogen) atoms. The fraction of sp³-hybridized carbons (Fsp3) is 0.423. The minimum atomic E-state index is -0.427. The summed E-state index contributed by atoms with van der Waals surface area (Å²) in [7, 11) is 0. The third-order valence-electron chi connectivity index (χ3n) is 6.96. The number of benzene rings is 2. The van der Waals surface area contributed by atoms with E-state index in [2.05, 4.69) is 0 Å². The van der Waals surface area contributed by atoms with E-state index in [0.29, 0.717) is 29.8 Å². The SMILES string of the molecule is O=C(c1ccccc1CN1C(=O)C2CCCN2C(=O)c2ccccc21)N1CCCCCC1. The van der Waals surface area contributed by atoms with Crippen molar-refractivity contribution >= 4 is 23.4 Å². The van der Waals surface area contributed by atoms with Crippen molar-refractivity contribution in [3.8, 4) is 0 Å². The third kappa shape index (κ3) is 3.68. The molecule has 3 heterocycles. The van der Waals surface area contributed by atoms with Gasteiger partial charge in [0.15, 0.2) is 0 Å². The van der Waals surface area contributed by atoms with Crippen molar-refractivity contribution in [1.82, 2.24) is 9.80 Å². The van der Waals surface area contributed by atoms with Gasteiger partial charge in [-0.05, 0) is 49.4 Å². The lowest BCUT2D eigenvalue weighted by atomic mass is 10.0. The van der Waals surface area contributed by atoms with Crippen LogP contribution >= 0.6 is 0 Å². The van der Waals surface area contributed by atoms with E-state index in [-0.39, 0.29) is 24.3 Å². The maximum absolute atomic E-state index is 13.6. The predicted octanol–water partition coefficient (Wildman–Crippen LogP) is 3.85. The van der Waals surface area contributed by atoms with Crippen LogP contribution in [0.4, 0.5) is 5.69 Å². The van der Waals surface area contributed by atoms with Crippen LogP contribution in [0.1, 0.15) is 64.8 Å². The van der Waals surface area contributed by atoms with Crippen molar-refractivity contribution in [2.24, 2.45) is 0 Å². The summed E-state index contributed by atoms with van der Waals surface area (Å²) in [5.74, 6) is -0.0951. The van der Waals surface area contributed by atoms with Gasteiger partial charge in [0.05, 0.1) is 17.8 Å². The van der Waals surface area contributed by atoms with E-state index >= 15 is 0 Å². The average Bonchev–Trinajstić information content (AvgIpc) is 3.13. The second-order valence-corrected chi connectivity index (χ2v) is 8.96. The Bertz CT molecular complexity index is 1040. The Morgan fingerprint density at radius 3 is 2.38 bits per heavy atom. The van der Waals surface area contributed by atoms with Crippen molar-refractivity contribution < 1.29 is 14.4 Å². The second-order valence-electron chi connectivity index (χ2n) is 8.96. The average molecular weight is 432 g/mol. The first-order valence-corrected chi connectivity index (χ1v) is 11.7. The number of anilines is 1. The maximum atomic E-state index is 13.6. The molecule has 2 fully saturated rings. The van der Waals surface area contributed by atoms with E-state index in [1.807, 2.05) is 47.4 Å². The summed E-state index contributed by atoms with van der Waals surface area (Å²) in [5.41, 5.74) is 2.66. The summed E-state index contributed by atoms with van der Waals surface area (Å²) < 4.78 is 0. The van der Waals surface area contributed by atoms with E-state index in [1.165, 1.54) is 0 Å². The van der Waals surface area contributed by atoms with Crippen molar-refractivity contribution in [2.45, 2.75) is 51.1 Å². The lowest BCUT2D eigenvalue weighted by Crippen LogP contribution is -2.44. The topological polar surface area (TPSA) is 60.9 Å². The molecule has 2 aromatic rings. The van der Waals surface area contributed by atoms with Crippen LogP contribution in [0.25, 0.3) is 0 Å². The summed E-state index contributed by atoms with van der Waals surface area (Å²) >= 11 is 0. The molecule has 6 nitrogen and oxygen atoms in total. The van der Waals surface area contributed by atoms with Gasteiger partial charge < -0.3 is 14.7 Å². The van der Waals surface area contributed by atoms with Crippen LogP contribution in [-0.4, -0.2) is 53.2 Å². The Balaban J connectivity index is 1.51. The van der Waals surface area contributed by atoms with E-state index in [4.69, 9.17) is 0 Å². The highest BCUT2D eigenvalue weighted by Crippen LogP contribution is 2.33. The Labute approximate surface area is 188 Å². The number of carbonyl (C=O) groups is 3. The first-order valence-electron chi connectivity index (χ1n) is 11.7. The predicted molar refractivity (Wildman–Crippen MR) is 123 cm³/mol. The minimum absolute atomic E-state index is 0.0385. The smallest absolute Gasteiger partial charge is 0.256 e. The van der Waals surface area contributed by atoms with Gasteiger partial charge in [0.2, 0.25) is 5.91 Å². The molecule has 5 rings (SSSR count). The highest BCUT2D eigenvalue weighted by molar-refractivity contribution is 6.11. The lowest BCUT2D eigenvalue weighted by Gasteiger charge is -2.27. The highest BCUT2D eigenvalue weighted by Gasteiger charge is 2.42. The molecule has 1 atom stereocenters. The first kappa shape index (κ1) is 20.7. The molecule has 0 bridgehead atoms. The van der Waals surface area contributed by atoms with Crippen LogP contribution < -0.4 is 4.90 Å². The summed E-state index contributed by atoms with van der Waals surface area (Å²) in [6.07, 6.45) is 5.91. The lowest BCUT2D eigenvalue weighted by molar-refractivity contribution is -0.122. The van der Waals surface area contributed by atoms with Crippen LogP contribution in [0.3, 0.4) is 0 Å². The molecule has 166 valence electrons. The zero-order valence-electron chi connectivity index (χ0n) is 18.3. The van der Waals surface area contributed by atoms with E-state index in [1.54, 1.807) is 15.9 Å². The fourth-order valence-electron chi connectivity index (χ4n) is 5.25. The molecule has 6 heteroatoms. The molecule has 0 saturated carbocycles. The Morgan fingerprint density at radius 2 is 1.56 bits per heavy atom. The number of hydrogen-bond donors (Lipinski definition) is 0. The normalized spacial score (nSPS) is 21.1. The van der Waals surface area contributed by atoms with E-state index < -0.39 is 6.04 Å². The summed E-state index contributed by atoms with van der Waals surface area (Å²) in [6, 6.07) is 14.5. The van der Waals surface area contributed by atoms with Gasteiger partial charge in [-0.15, -0.1) is 0 Å². The van der Waals surface area contributed by atoms with Crippen LogP contribution in [0.15, 0.2) is 48.5 Å². The van der Waals surface area contributed by atoms with Crippen molar-refractivity contribution in [3.05, 3.63) is 65.2 Å². The molecule has 3 amide bonds. The zero-order valence-corrected chi connectivity index (χ0v) is 18.3. The number of carbonyl (C=O) groups excluding carboxylic acids is 3. The number of amides is 3. The van der Waals surface area contributed by atoms with E-state index in [9.17, 15) is 14.4 Å². The standard InChI is InChI=1S/C26H29N3O3/c30-24(27-15-7-1-2-8-16-27)20-11-4-3-10-19(20)18-29-22-13-6-5-12-21(22)25(31)28-17-9-14-23(28)26(29)32/h3-6,10-13,23H,1-2,7-9,14-18H2. The summed E-state index contributed by atoms with van der Waals surface area (Å²) in [5, 5.41) is 0. The number of para-hydroxylation sites is 1. The van der Waals surface area contributed by atoms with Crippen molar-refractivity contribution in [3.63, 3.8) is 0 Å². The largest absolute Gasteiger partial charge is 0.339 e. The second kappa shape index (κ2) is 8.77. The quantitative estimate of drug-likeness (QED) is 0.742. The number of nitrogens with zero attached hydrogens (tertiary/aromatic N) is 3. The maximum Gasteiger partial charge on any atom is 0.256 e. The number of hydrogen-bond acceptors (Lipinski definition) is 3. The first-order chi connectivity index (χ1) is 15.6. The van der Waals surface area contributed by atoms with Crippen LogP contribution in [-0.2, 0) is 11.3 Å². The van der Waals surface area contributed by atoms with Crippen LogP contribution in [0.5, 0.6) is 0 Å². The molecular formula is C26H29N3O3. The Morgan fingerprint density at radius 1 is 0.844 bits per heavy atom. The molecule has 0 aliphatic carbocycles. The van der Waals surface area contributed by atoms with Gasteiger partial charge in [-0.2, -0.15) is 0 Å². The zero-order chi connectivity index (χ0) is 22.1. The van der Waals surface area contributed by atoms with Crippen LogP contribution in [0.2, 0.25) is 0 Å². The number of fused-ring (bicyclic) bond motifs is 2. The van der Waals surface area contributed by atoms with Gasteiger partial charge in [-0.25, -0.2) is 0 Å². The molecule has 1 unspecified atom stereocenters. The molecule has 0 N–H and O–H groups in total. The van der Waals surface area contributed by atoms with Gasteiger partial charge in [-0.1, -0.05) is 43.2 Å². The van der Waals surface area contributed by atoms with Gasteiger partial charge in [-0.3, -0.25) is 14.4 Å². The third-order valence-corrected chi connectivity index (χ3v) is 6.96. The van der Waals surface area contributed by atoms with Crippen LogP contribution in [0, 0.1) is 0 Å².